The van der Waals surface area contributed by atoms with E-state index < -0.39 is 0 Å². The zero-order valence-corrected chi connectivity index (χ0v) is 11.2. The Balaban J connectivity index is 2.55. The number of halogens is 1. The van der Waals surface area contributed by atoms with Crippen LogP contribution in [0.1, 0.15) is 25.6 Å². The van der Waals surface area contributed by atoms with Crippen LogP contribution in [0.25, 0.3) is 11.3 Å². The fraction of sp³-hybridized carbons (Fsp3) is 0.333. The Morgan fingerprint density at radius 2 is 1.88 bits per heavy atom. The third-order valence-electron chi connectivity index (χ3n) is 2.52. The molecular weight excluding hydrogens is 266 g/mol. The van der Waals surface area contributed by atoms with Gasteiger partial charge in [-0.05, 0) is 48.8 Å². The van der Waals surface area contributed by atoms with Gasteiger partial charge in [-0.3, -0.25) is 9.67 Å². The van der Waals surface area contributed by atoms with Crippen molar-refractivity contribution in [2.24, 2.45) is 0 Å². The molecule has 0 radical (unpaired) electrons. The molecule has 0 aliphatic heterocycles. The Morgan fingerprint density at radius 3 is 2.38 bits per heavy atom. The Kier molecular flexibility index (Phi) is 3.10. The van der Waals surface area contributed by atoms with Crippen molar-refractivity contribution in [2.75, 3.05) is 0 Å². The summed E-state index contributed by atoms with van der Waals surface area (Å²) in [4.78, 5) is 4.02. The molecule has 0 saturated heterocycles. The van der Waals surface area contributed by atoms with Gasteiger partial charge in [0.1, 0.15) is 5.69 Å². The molecule has 0 bridgehead atoms. The van der Waals surface area contributed by atoms with Gasteiger partial charge in [-0.2, -0.15) is 5.10 Å². The maximum absolute atomic E-state index is 4.62. The molecule has 2 aromatic rings. The predicted molar refractivity (Wildman–Crippen MR) is 68.3 cm³/mol. The van der Waals surface area contributed by atoms with E-state index in [-0.39, 0.29) is 0 Å². The van der Waals surface area contributed by atoms with E-state index >= 15 is 0 Å². The van der Waals surface area contributed by atoms with Gasteiger partial charge in [0.2, 0.25) is 0 Å². The molecule has 4 heteroatoms. The van der Waals surface area contributed by atoms with Gasteiger partial charge in [0.25, 0.3) is 0 Å². The predicted octanol–water partition coefficient (Wildman–Crippen LogP) is 3.60. The first-order valence-electron chi connectivity index (χ1n) is 5.26. The molecule has 0 N–H and O–H groups in total. The van der Waals surface area contributed by atoms with Crippen LogP contribution in [0.5, 0.6) is 0 Å². The highest BCUT2D eigenvalue weighted by atomic mass is 79.9. The Morgan fingerprint density at radius 1 is 1.25 bits per heavy atom. The molecule has 3 nitrogen and oxygen atoms in total. The lowest BCUT2D eigenvalue weighted by molar-refractivity contribution is 0.520. The Labute approximate surface area is 104 Å². The second-order valence-electron chi connectivity index (χ2n) is 4.02. The molecule has 2 rings (SSSR count). The highest BCUT2D eigenvalue weighted by Gasteiger charge is 2.15. The molecule has 16 heavy (non-hydrogen) atoms. The van der Waals surface area contributed by atoms with E-state index in [1.54, 1.807) is 12.4 Å². The monoisotopic (exact) mass is 279 g/mol. The summed E-state index contributed by atoms with van der Waals surface area (Å²) in [7, 11) is 0. The fourth-order valence-electron chi connectivity index (χ4n) is 1.70. The van der Waals surface area contributed by atoms with Gasteiger partial charge in [0.15, 0.2) is 0 Å². The molecule has 0 fully saturated rings. The van der Waals surface area contributed by atoms with Crippen LogP contribution in [0.4, 0.5) is 0 Å². The highest BCUT2D eigenvalue weighted by molar-refractivity contribution is 9.10. The largest absolute Gasteiger partial charge is 0.266 e. The van der Waals surface area contributed by atoms with Crippen molar-refractivity contribution in [3.05, 3.63) is 34.7 Å². The van der Waals surface area contributed by atoms with Crippen molar-refractivity contribution in [3.63, 3.8) is 0 Å². The van der Waals surface area contributed by atoms with E-state index in [1.165, 1.54) is 0 Å². The van der Waals surface area contributed by atoms with Gasteiger partial charge in [0, 0.05) is 24.0 Å². The number of hydrogen-bond donors (Lipinski definition) is 0. The molecular formula is C12H14BrN3. The van der Waals surface area contributed by atoms with Crippen LogP contribution in [0.2, 0.25) is 0 Å². The molecule has 0 aliphatic rings. The Hall–Kier alpha value is -1.16. The summed E-state index contributed by atoms with van der Waals surface area (Å²) in [6.45, 7) is 6.33. The van der Waals surface area contributed by atoms with Crippen molar-refractivity contribution in [1.29, 1.82) is 0 Å². The number of rotatable bonds is 2. The summed E-state index contributed by atoms with van der Waals surface area (Å²) in [5.41, 5.74) is 3.22. The lowest BCUT2D eigenvalue weighted by Crippen LogP contribution is -2.04. The summed E-state index contributed by atoms with van der Waals surface area (Å²) < 4.78 is 3.09. The maximum atomic E-state index is 4.62. The van der Waals surface area contributed by atoms with Gasteiger partial charge >= 0.3 is 0 Å². The van der Waals surface area contributed by atoms with Gasteiger partial charge in [0.05, 0.1) is 10.2 Å². The fourth-order valence-corrected chi connectivity index (χ4v) is 2.19. The molecule has 2 aromatic heterocycles. The molecule has 0 spiro atoms. The minimum atomic E-state index is 0.367. The van der Waals surface area contributed by atoms with Gasteiger partial charge in [-0.1, -0.05) is 0 Å². The quantitative estimate of drug-likeness (QED) is 0.841. The van der Waals surface area contributed by atoms with Crippen LogP contribution in [-0.4, -0.2) is 14.8 Å². The Bertz CT molecular complexity index is 488. The molecule has 0 atom stereocenters. The summed E-state index contributed by atoms with van der Waals surface area (Å²) in [6.07, 6.45) is 3.57. The minimum absolute atomic E-state index is 0.367. The molecule has 84 valence electrons. The van der Waals surface area contributed by atoms with E-state index in [1.807, 2.05) is 16.8 Å². The molecule has 0 aromatic carbocycles. The third kappa shape index (κ3) is 1.89. The number of pyridine rings is 1. The van der Waals surface area contributed by atoms with Crippen molar-refractivity contribution in [1.82, 2.24) is 14.8 Å². The van der Waals surface area contributed by atoms with Crippen LogP contribution >= 0.6 is 15.9 Å². The number of nitrogens with zero attached hydrogens (tertiary/aromatic N) is 3. The van der Waals surface area contributed by atoms with E-state index in [9.17, 15) is 0 Å². The summed E-state index contributed by atoms with van der Waals surface area (Å²) >= 11 is 3.60. The normalized spacial score (nSPS) is 11.1. The number of aromatic nitrogens is 3. The standard InChI is InChI=1S/C12H14BrN3/c1-8(2)16-9(3)11(13)12(15-16)10-4-6-14-7-5-10/h4-8H,1-3H3. The molecule has 2 heterocycles. The van der Waals surface area contributed by atoms with Crippen LogP contribution < -0.4 is 0 Å². The lowest BCUT2D eigenvalue weighted by atomic mass is 10.2. The smallest absolute Gasteiger partial charge is 0.107 e. The van der Waals surface area contributed by atoms with Crippen molar-refractivity contribution in [2.45, 2.75) is 26.8 Å². The second kappa shape index (κ2) is 4.37. The van der Waals surface area contributed by atoms with Crippen LogP contribution in [0.3, 0.4) is 0 Å². The molecule has 0 aliphatic carbocycles. The summed E-state index contributed by atoms with van der Waals surface area (Å²) in [6, 6.07) is 4.31. The van der Waals surface area contributed by atoms with Crippen molar-refractivity contribution < 1.29 is 0 Å². The minimum Gasteiger partial charge on any atom is -0.266 e. The van der Waals surface area contributed by atoms with E-state index in [0.717, 1.165) is 21.4 Å². The highest BCUT2D eigenvalue weighted by Crippen LogP contribution is 2.30. The van der Waals surface area contributed by atoms with Crippen molar-refractivity contribution in [3.8, 4) is 11.3 Å². The first-order chi connectivity index (χ1) is 7.61. The molecule has 0 unspecified atom stereocenters. The zero-order chi connectivity index (χ0) is 11.7. The van der Waals surface area contributed by atoms with E-state index in [2.05, 4.69) is 46.8 Å². The SMILES string of the molecule is Cc1c(Br)c(-c2ccncc2)nn1C(C)C. The third-order valence-corrected chi connectivity index (χ3v) is 3.47. The first-order valence-corrected chi connectivity index (χ1v) is 6.05. The van der Waals surface area contributed by atoms with Crippen LogP contribution in [0.15, 0.2) is 29.0 Å². The number of hydrogen-bond acceptors (Lipinski definition) is 2. The lowest BCUT2D eigenvalue weighted by Gasteiger charge is -2.07. The van der Waals surface area contributed by atoms with Gasteiger partial charge in [-0.15, -0.1) is 0 Å². The summed E-state index contributed by atoms with van der Waals surface area (Å²) in [5, 5.41) is 4.62. The van der Waals surface area contributed by atoms with Gasteiger partial charge < -0.3 is 0 Å². The van der Waals surface area contributed by atoms with E-state index in [0.29, 0.717) is 6.04 Å². The first kappa shape index (κ1) is 11.3. The van der Waals surface area contributed by atoms with Crippen LogP contribution in [-0.2, 0) is 0 Å². The topological polar surface area (TPSA) is 30.7 Å². The maximum Gasteiger partial charge on any atom is 0.107 e. The average molecular weight is 280 g/mol. The summed E-state index contributed by atoms with van der Waals surface area (Å²) in [5.74, 6) is 0. The second-order valence-corrected chi connectivity index (χ2v) is 4.82. The zero-order valence-electron chi connectivity index (χ0n) is 9.61. The average Bonchev–Trinajstić information content (AvgIpc) is 2.58. The van der Waals surface area contributed by atoms with Crippen molar-refractivity contribution >= 4 is 15.9 Å². The molecule has 0 amide bonds. The van der Waals surface area contributed by atoms with Crippen LogP contribution in [0, 0.1) is 6.92 Å². The molecule has 0 saturated carbocycles. The van der Waals surface area contributed by atoms with Gasteiger partial charge in [-0.25, -0.2) is 0 Å². The van der Waals surface area contributed by atoms with E-state index in [4.69, 9.17) is 0 Å².